The lowest BCUT2D eigenvalue weighted by Crippen LogP contribution is -2.07. The second-order valence-electron chi connectivity index (χ2n) is 4.62. The molecule has 3 heteroatoms. The largest absolute Gasteiger partial charge is 0.298 e. The van der Waals surface area contributed by atoms with Gasteiger partial charge in [0, 0.05) is 11.5 Å². The highest BCUT2D eigenvalue weighted by molar-refractivity contribution is 5.87. The molecule has 1 unspecified atom stereocenters. The minimum absolute atomic E-state index is 0.0871. The van der Waals surface area contributed by atoms with Crippen LogP contribution in [0.5, 0.6) is 0 Å². The minimum Gasteiger partial charge on any atom is -0.298 e. The number of carbonyl (C=O) groups excluding carboxylic acids is 1. The van der Waals surface area contributed by atoms with E-state index in [1.807, 2.05) is 18.2 Å². The van der Waals surface area contributed by atoms with E-state index in [4.69, 9.17) is 5.26 Å². The molecule has 0 heterocycles. The van der Waals surface area contributed by atoms with Gasteiger partial charge in [-0.1, -0.05) is 49.4 Å². The number of nitriles is 1. The summed E-state index contributed by atoms with van der Waals surface area (Å²) < 4.78 is 13.7. The molecule has 1 atom stereocenters. The number of benzene rings is 2. The third-order valence-corrected chi connectivity index (χ3v) is 3.33. The first-order chi connectivity index (χ1) is 9.63. The van der Waals surface area contributed by atoms with Crippen LogP contribution in [0.25, 0.3) is 11.1 Å². The molecule has 2 aromatic rings. The average molecular weight is 267 g/mol. The molecule has 0 N–H and O–H groups in total. The Labute approximate surface area is 117 Å². The van der Waals surface area contributed by atoms with Crippen LogP contribution in [0.3, 0.4) is 0 Å². The van der Waals surface area contributed by atoms with Gasteiger partial charge in [0.25, 0.3) is 0 Å². The number of halogens is 1. The smallest absolute Gasteiger partial charge is 0.154 e. The number of Topliss-reactive ketones (excluding diaryl/α,β-unsaturated/α-hetero) is 1. The number of hydrogen-bond donors (Lipinski definition) is 0. The molecule has 100 valence electrons. The van der Waals surface area contributed by atoms with Gasteiger partial charge in [-0.3, -0.25) is 4.79 Å². The Kier molecular flexibility index (Phi) is 4.27. The Bertz CT molecular complexity index is 655. The molecular formula is C17H14FNO. The number of carbonyl (C=O) groups is 1. The van der Waals surface area contributed by atoms with Crippen LogP contribution >= 0.6 is 0 Å². The number of rotatable bonds is 4. The third kappa shape index (κ3) is 2.92. The molecule has 0 radical (unpaired) electrons. The summed E-state index contributed by atoms with van der Waals surface area (Å²) in [5.41, 5.74) is 2.15. The molecule has 0 aliphatic rings. The van der Waals surface area contributed by atoms with E-state index in [-0.39, 0.29) is 23.9 Å². The SMILES string of the molecule is CC(C(=O)CC#N)c1ccc(-c2ccccc2F)cc1. The monoisotopic (exact) mass is 267 g/mol. The Morgan fingerprint density at radius 3 is 2.45 bits per heavy atom. The van der Waals surface area contributed by atoms with Crippen molar-refractivity contribution in [2.75, 3.05) is 0 Å². The highest BCUT2D eigenvalue weighted by atomic mass is 19.1. The lowest BCUT2D eigenvalue weighted by Gasteiger charge is -2.10. The van der Waals surface area contributed by atoms with Gasteiger partial charge in [-0.05, 0) is 17.2 Å². The van der Waals surface area contributed by atoms with E-state index in [9.17, 15) is 9.18 Å². The lowest BCUT2D eigenvalue weighted by atomic mass is 9.93. The van der Waals surface area contributed by atoms with Crippen LogP contribution in [0.15, 0.2) is 48.5 Å². The van der Waals surface area contributed by atoms with Crippen molar-refractivity contribution < 1.29 is 9.18 Å². The summed E-state index contributed by atoms with van der Waals surface area (Å²) in [6, 6.07) is 15.6. The predicted octanol–water partition coefficient (Wildman–Crippen LogP) is 4.08. The second-order valence-corrected chi connectivity index (χ2v) is 4.62. The van der Waals surface area contributed by atoms with Crippen molar-refractivity contribution in [1.82, 2.24) is 0 Å². The van der Waals surface area contributed by atoms with Crippen molar-refractivity contribution in [2.45, 2.75) is 19.3 Å². The van der Waals surface area contributed by atoms with E-state index in [0.29, 0.717) is 5.56 Å². The lowest BCUT2D eigenvalue weighted by molar-refractivity contribution is -0.119. The number of ketones is 1. The average Bonchev–Trinajstić information content (AvgIpc) is 2.47. The van der Waals surface area contributed by atoms with Crippen LogP contribution in [-0.4, -0.2) is 5.78 Å². The molecule has 0 spiro atoms. The maximum absolute atomic E-state index is 13.7. The summed E-state index contributed by atoms with van der Waals surface area (Å²) in [7, 11) is 0. The van der Waals surface area contributed by atoms with Gasteiger partial charge in [-0.25, -0.2) is 4.39 Å². The zero-order valence-electron chi connectivity index (χ0n) is 11.1. The molecule has 0 saturated heterocycles. The van der Waals surface area contributed by atoms with Gasteiger partial charge >= 0.3 is 0 Å². The van der Waals surface area contributed by atoms with E-state index in [0.717, 1.165) is 11.1 Å². The van der Waals surface area contributed by atoms with Crippen molar-refractivity contribution in [3.8, 4) is 17.2 Å². The fraction of sp³-hybridized carbons (Fsp3) is 0.176. The molecule has 0 fully saturated rings. The number of hydrogen-bond acceptors (Lipinski definition) is 2. The van der Waals surface area contributed by atoms with Gasteiger partial charge in [0.1, 0.15) is 5.82 Å². The first kappa shape index (κ1) is 14.0. The third-order valence-electron chi connectivity index (χ3n) is 3.33. The number of nitrogens with zero attached hydrogens (tertiary/aromatic N) is 1. The quantitative estimate of drug-likeness (QED) is 0.837. The zero-order chi connectivity index (χ0) is 14.5. The molecule has 0 aliphatic carbocycles. The summed E-state index contributed by atoms with van der Waals surface area (Å²) in [6.07, 6.45) is -0.0871. The molecule has 0 bridgehead atoms. The van der Waals surface area contributed by atoms with Gasteiger partial charge in [-0.2, -0.15) is 5.26 Å². The molecule has 0 saturated carbocycles. The van der Waals surface area contributed by atoms with Crippen LogP contribution in [0.2, 0.25) is 0 Å². The minimum atomic E-state index is -0.315. The van der Waals surface area contributed by atoms with Gasteiger partial charge < -0.3 is 0 Å². The fourth-order valence-electron chi connectivity index (χ4n) is 2.06. The molecule has 0 amide bonds. The highest BCUT2D eigenvalue weighted by Crippen LogP contribution is 2.25. The summed E-state index contributed by atoms with van der Waals surface area (Å²) in [6.45, 7) is 1.78. The van der Waals surface area contributed by atoms with Crippen LogP contribution in [0.1, 0.15) is 24.8 Å². The van der Waals surface area contributed by atoms with E-state index >= 15 is 0 Å². The Morgan fingerprint density at radius 2 is 1.85 bits per heavy atom. The van der Waals surface area contributed by atoms with Crippen molar-refractivity contribution in [3.05, 3.63) is 59.9 Å². The van der Waals surface area contributed by atoms with Crippen LogP contribution in [0.4, 0.5) is 4.39 Å². The summed E-state index contributed by atoms with van der Waals surface area (Å²) >= 11 is 0. The van der Waals surface area contributed by atoms with E-state index in [1.54, 1.807) is 37.3 Å². The molecule has 2 nitrogen and oxygen atoms in total. The molecular weight excluding hydrogens is 253 g/mol. The van der Waals surface area contributed by atoms with Crippen molar-refractivity contribution in [2.24, 2.45) is 0 Å². The van der Waals surface area contributed by atoms with E-state index < -0.39 is 0 Å². The molecule has 0 aromatic heterocycles. The summed E-state index contributed by atoms with van der Waals surface area (Å²) in [4.78, 5) is 11.7. The maximum atomic E-state index is 13.7. The standard InChI is InChI=1S/C17H14FNO/c1-12(17(20)10-11-19)13-6-8-14(9-7-13)15-4-2-3-5-16(15)18/h2-9,12H,10H2,1H3. The van der Waals surface area contributed by atoms with Crippen molar-refractivity contribution in [1.29, 1.82) is 5.26 Å². The first-order valence-corrected chi connectivity index (χ1v) is 6.38. The normalized spacial score (nSPS) is 11.7. The molecule has 0 aliphatic heterocycles. The van der Waals surface area contributed by atoms with Crippen LogP contribution < -0.4 is 0 Å². The second kappa shape index (κ2) is 6.12. The van der Waals surface area contributed by atoms with Gasteiger partial charge in [0.05, 0.1) is 12.5 Å². The summed E-state index contributed by atoms with van der Waals surface area (Å²) in [5.74, 6) is -0.690. The Hall–Kier alpha value is -2.47. The predicted molar refractivity (Wildman–Crippen MR) is 75.5 cm³/mol. The Morgan fingerprint density at radius 1 is 1.20 bits per heavy atom. The van der Waals surface area contributed by atoms with Crippen molar-refractivity contribution >= 4 is 5.78 Å². The highest BCUT2D eigenvalue weighted by Gasteiger charge is 2.14. The first-order valence-electron chi connectivity index (χ1n) is 6.38. The molecule has 2 aromatic carbocycles. The zero-order valence-corrected chi connectivity index (χ0v) is 11.1. The van der Waals surface area contributed by atoms with Gasteiger partial charge in [0.2, 0.25) is 0 Å². The Balaban J connectivity index is 2.25. The maximum Gasteiger partial charge on any atom is 0.154 e. The topological polar surface area (TPSA) is 40.9 Å². The fourth-order valence-corrected chi connectivity index (χ4v) is 2.06. The molecule has 20 heavy (non-hydrogen) atoms. The van der Waals surface area contributed by atoms with E-state index in [1.165, 1.54) is 6.07 Å². The van der Waals surface area contributed by atoms with E-state index in [2.05, 4.69) is 0 Å². The van der Waals surface area contributed by atoms with Gasteiger partial charge in [-0.15, -0.1) is 0 Å². The van der Waals surface area contributed by atoms with Crippen molar-refractivity contribution in [3.63, 3.8) is 0 Å². The van der Waals surface area contributed by atoms with Gasteiger partial charge in [0.15, 0.2) is 5.78 Å². The van der Waals surface area contributed by atoms with Crippen LogP contribution in [-0.2, 0) is 4.79 Å². The molecule has 2 rings (SSSR count). The van der Waals surface area contributed by atoms with Crippen LogP contribution in [0, 0.1) is 17.1 Å². The summed E-state index contributed by atoms with van der Waals surface area (Å²) in [5, 5.41) is 8.54.